The van der Waals surface area contributed by atoms with E-state index in [1.54, 1.807) is 13.0 Å². The SMILES string of the molecule is CC[C@H](C)C(NS(=O)(=O)c1ccc(Cl)s1)[C@H](C)O. The molecular formula is C11H18ClNO3S2. The molecule has 0 aliphatic carbocycles. The van der Waals surface area contributed by atoms with Crippen LogP contribution in [-0.2, 0) is 10.0 Å². The summed E-state index contributed by atoms with van der Waals surface area (Å²) < 4.78 is 27.4. The molecule has 1 aromatic rings. The number of thiophene rings is 1. The van der Waals surface area contributed by atoms with Crippen molar-refractivity contribution in [3.63, 3.8) is 0 Å². The second-order valence-electron chi connectivity index (χ2n) is 4.33. The van der Waals surface area contributed by atoms with E-state index in [9.17, 15) is 13.5 Å². The van der Waals surface area contributed by atoms with E-state index in [-0.39, 0.29) is 10.1 Å². The van der Waals surface area contributed by atoms with Crippen molar-refractivity contribution < 1.29 is 13.5 Å². The quantitative estimate of drug-likeness (QED) is 0.848. The Morgan fingerprint density at radius 2 is 2.06 bits per heavy atom. The highest BCUT2D eigenvalue weighted by atomic mass is 35.5. The third-order valence-corrected chi connectivity index (χ3v) is 6.06. The molecule has 1 aromatic heterocycles. The molecule has 4 nitrogen and oxygen atoms in total. The molecule has 1 unspecified atom stereocenters. The van der Waals surface area contributed by atoms with Crippen molar-refractivity contribution in [3.05, 3.63) is 16.5 Å². The molecule has 0 aromatic carbocycles. The Morgan fingerprint density at radius 3 is 2.44 bits per heavy atom. The van der Waals surface area contributed by atoms with Crippen LogP contribution in [0, 0.1) is 5.92 Å². The van der Waals surface area contributed by atoms with Gasteiger partial charge in [-0.15, -0.1) is 11.3 Å². The van der Waals surface area contributed by atoms with Crippen molar-refractivity contribution in [3.8, 4) is 0 Å². The Bertz CT molecular complexity index is 484. The maximum atomic E-state index is 12.1. The maximum absolute atomic E-state index is 12.1. The Kier molecular flexibility index (Phi) is 5.61. The van der Waals surface area contributed by atoms with Gasteiger partial charge in [-0.2, -0.15) is 0 Å². The van der Waals surface area contributed by atoms with Crippen molar-refractivity contribution in [2.75, 3.05) is 0 Å². The lowest BCUT2D eigenvalue weighted by Crippen LogP contribution is -2.45. The first-order valence-electron chi connectivity index (χ1n) is 5.73. The van der Waals surface area contributed by atoms with Crippen molar-refractivity contribution in [2.45, 2.75) is 43.5 Å². The monoisotopic (exact) mass is 311 g/mol. The van der Waals surface area contributed by atoms with E-state index in [1.165, 1.54) is 6.07 Å². The summed E-state index contributed by atoms with van der Waals surface area (Å²) in [6.45, 7) is 5.44. The van der Waals surface area contributed by atoms with Crippen LogP contribution in [0.15, 0.2) is 16.3 Å². The predicted molar refractivity (Wildman–Crippen MR) is 74.6 cm³/mol. The van der Waals surface area contributed by atoms with Crippen molar-refractivity contribution in [2.24, 2.45) is 5.92 Å². The Labute approximate surface area is 117 Å². The van der Waals surface area contributed by atoms with Gasteiger partial charge in [0.15, 0.2) is 0 Å². The first kappa shape index (κ1) is 15.9. The maximum Gasteiger partial charge on any atom is 0.250 e. The van der Waals surface area contributed by atoms with Gasteiger partial charge in [-0.1, -0.05) is 31.9 Å². The molecule has 0 saturated heterocycles. The fourth-order valence-corrected chi connectivity index (χ4v) is 4.54. The van der Waals surface area contributed by atoms with Gasteiger partial charge in [-0.25, -0.2) is 13.1 Å². The first-order valence-corrected chi connectivity index (χ1v) is 8.41. The molecular weight excluding hydrogens is 294 g/mol. The number of aliphatic hydroxyl groups excluding tert-OH is 1. The minimum Gasteiger partial charge on any atom is -0.392 e. The molecule has 0 aliphatic heterocycles. The van der Waals surface area contributed by atoms with Gasteiger partial charge in [0.05, 0.1) is 16.5 Å². The van der Waals surface area contributed by atoms with E-state index in [0.29, 0.717) is 4.34 Å². The lowest BCUT2D eigenvalue weighted by molar-refractivity contribution is 0.128. The lowest BCUT2D eigenvalue weighted by Gasteiger charge is -2.26. The average Bonchev–Trinajstić information content (AvgIpc) is 2.72. The van der Waals surface area contributed by atoms with Gasteiger partial charge < -0.3 is 5.11 Å². The van der Waals surface area contributed by atoms with Crippen molar-refractivity contribution >= 4 is 33.0 Å². The van der Waals surface area contributed by atoms with E-state index in [2.05, 4.69) is 4.72 Å². The molecule has 104 valence electrons. The van der Waals surface area contributed by atoms with E-state index < -0.39 is 22.2 Å². The second kappa shape index (κ2) is 6.34. The van der Waals surface area contributed by atoms with E-state index >= 15 is 0 Å². The second-order valence-corrected chi connectivity index (χ2v) is 7.99. The van der Waals surface area contributed by atoms with Crippen LogP contribution in [0.25, 0.3) is 0 Å². The number of hydrogen-bond donors (Lipinski definition) is 2. The highest BCUT2D eigenvalue weighted by Crippen LogP contribution is 2.26. The molecule has 0 radical (unpaired) electrons. The van der Waals surface area contributed by atoms with Gasteiger partial charge >= 0.3 is 0 Å². The highest BCUT2D eigenvalue weighted by Gasteiger charge is 2.28. The molecule has 2 N–H and O–H groups in total. The van der Waals surface area contributed by atoms with Crippen molar-refractivity contribution in [1.82, 2.24) is 4.72 Å². The summed E-state index contributed by atoms with van der Waals surface area (Å²) in [7, 11) is -3.61. The summed E-state index contributed by atoms with van der Waals surface area (Å²) in [6, 6.07) is 2.51. The Hall–Kier alpha value is -0.140. The number of sulfonamides is 1. The average molecular weight is 312 g/mol. The van der Waals surface area contributed by atoms with E-state index in [4.69, 9.17) is 11.6 Å². The number of nitrogens with one attached hydrogen (secondary N) is 1. The zero-order valence-corrected chi connectivity index (χ0v) is 12.9. The normalized spacial score (nSPS) is 17.4. The molecule has 0 bridgehead atoms. The minimum absolute atomic E-state index is 0.0511. The summed E-state index contributed by atoms with van der Waals surface area (Å²) in [6.07, 6.45) is 0.0358. The van der Waals surface area contributed by atoms with E-state index in [0.717, 1.165) is 17.8 Å². The van der Waals surface area contributed by atoms with Crippen LogP contribution >= 0.6 is 22.9 Å². The van der Waals surface area contributed by atoms with Crippen LogP contribution in [-0.4, -0.2) is 25.7 Å². The summed E-state index contributed by atoms with van der Waals surface area (Å²) >= 11 is 6.73. The molecule has 0 saturated carbocycles. The third-order valence-electron chi connectivity index (χ3n) is 2.88. The zero-order valence-electron chi connectivity index (χ0n) is 10.6. The molecule has 0 amide bonds. The predicted octanol–water partition coefficient (Wildman–Crippen LogP) is 2.48. The molecule has 1 rings (SSSR count). The topological polar surface area (TPSA) is 66.4 Å². The zero-order chi connectivity index (χ0) is 13.9. The van der Waals surface area contributed by atoms with Gasteiger partial charge in [-0.05, 0) is 25.0 Å². The van der Waals surface area contributed by atoms with Gasteiger partial charge in [0, 0.05) is 0 Å². The van der Waals surface area contributed by atoms with Crippen LogP contribution < -0.4 is 4.72 Å². The fourth-order valence-electron chi connectivity index (χ4n) is 1.62. The van der Waals surface area contributed by atoms with Gasteiger partial charge in [0.2, 0.25) is 10.0 Å². The summed E-state index contributed by atoms with van der Waals surface area (Å²) in [5.74, 6) is 0.0511. The summed E-state index contributed by atoms with van der Waals surface area (Å²) in [4.78, 5) is 0. The number of rotatable bonds is 6. The lowest BCUT2D eigenvalue weighted by atomic mass is 9.96. The van der Waals surface area contributed by atoms with Crippen LogP contribution in [0.4, 0.5) is 0 Å². The molecule has 0 spiro atoms. The largest absolute Gasteiger partial charge is 0.392 e. The summed E-state index contributed by atoms with van der Waals surface area (Å²) in [5.41, 5.74) is 0. The van der Waals surface area contributed by atoms with E-state index in [1.807, 2.05) is 13.8 Å². The fraction of sp³-hybridized carbons (Fsp3) is 0.636. The smallest absolute Gasteiger partial charge is 0.250 e. The Morgan fingerprint density at radius 1 is 1.44 bits per heavy atom. The Balaban J connectivity index is 2.93. The first-order chi connectivity index (χ1) is 8.27. The standard InChI is InChI=1S/C11H18ClNO3S2/c1-4-7(2)11(8(3)14)13-18(15,16)10-6-5-9(12)17-10/h5-8,11,13-14H,4H2,1-3H3/t7-,8-,11?/m0/s1. The summed E-state index contributed by atoms with van der Waals surface area (Å²) in [5, 5.41) is 9.68. The number of halogens is 1. The van der Waals surface area contributed by atoms with Gasteiger partial charge in [-0.3, -0.25) is 0 Å². The molecule has 3 atom stereocenters. The van der Waals surface area contributed by atoms with Crippen LogP contribution in [0.1, 0.15) is 27.2 Å². The number of aliphatic hydroxyl groups is 1. The van der Waals surface area contributed by atoms with Crippen LogP contribution in [0.5, 0.6) is 0 Å². The van der Waals surface area contributed by atoms with Crippen LogP contribution in [0.3, 0.4) is 0 Å². The molecule has 0 fully saturated rings. The van der Waals surface area contributed by atoms with Gasteiger partial charge in [0.1, 0.15) is 4.21 Å². The molecule has 1 heterocycles. The molecule has 7 heteroatoms. The minimum atomic E-state index is -3.61. The molecule has 18 heavy (non-hydrogen) atoms. The third kappa shape index (κ3) is 3.93. The number of hydrogen-bond acceptors (Lipinski definition) is 4. The van der Waals surface area contributed by atoms with Crippen LogP contribution in [0.2, 0.25) is 4.34 Å². The highest BCUT2D eigenvalue weighted by molar-refractivity contribution is 7.91. The van der Waals surface area contributed by atoms with Crippen molar-refractivity contribution in [1.29, 1.82) is 0 Å². The molecule has 0 aliphatic rings. The van der Waals surface area contributed by atoms with Gasteiger partial charge in [0.25, 0.3) is 0 Å².